The number of benzene rings is 9. The molecule has 0 spiro atoms. The number of rotatable bonds is 4. The van der Waals surface area contributed by atoms with Gasteiger partial charge in [-0.2, -0.15) is 0 Å². The molecule has 1 heteroatoms. The van der Waals surface area contributed by atoms with Crippen molar-refractivity contribution in [3.05, 3.63) is 181 Å². The topological polar surface area (TPSA) is 13.1 Å². The van der Waals surface area contributed by atoms with Crippen LogP contribution in [-0.4, -0.2) is 0 Å². The van der Waals surface area contributed by atoms with Crippen molar-refractivity contribution >= 4 is 54.3 Å². The first-order valence-electron chi connectivity index (χ1n) is 26.1. The summed E-state index contributed by atoms with van der Waals surface area (Å²) in [5, 5.41) is 0.126. The van der Waals surface area contributed by atoms with E-state index in [1.807, 2.05) is 0 Å². The highest BCUT2D eigenvalue weighted by molar-refractivity contribution is 6.27. The van der Waals surface area contributed by atoms with Gasteiger partial charge >= 0.3 is 0 Å². The van der Waals surface area contributed by atoms with Crippen molar-refractivity contribution in [2.75, 3.05) is 0 Å². The predicted octanol–water partition coefficient (Wildman–Crippen LogP) is 13.7. The van der Waals surface area contributed by atoms with E-state index in [9.17, 15) is 8.22 Å². The molecule has 9 aromatic carbocycles. The molecule has 0 saturated carbocycles. The molecule has 228 valence electrons. The Labute approximate surface area is 315 Å². The Kier molecular flexibility index (Phi) is 3.07. The molecule has 49 heavy (non-hydrogen) atoms. The number of fused-ring (bicyclic) bond motifs is 7. The van der Waals surface area contributed by atoms with Gasteiger partial charge in [-0.1, -0.05) is 157 Å². The number of furan rings is 1. The molecule has 0 aliphatic carbocycles. The zero-order chi connectivity index (χ0) is 51.5. The van der Waals surface area contributed by atoms with Gasteiger partial charge in [-0.15, -0.1) is 0 Å². The Morgan fingerprint density at radius 1 is 0.388 bits per heavy atom. The molecule has 0 aliphatic heterocycles. The maximum atomic E-state index is 9.56. The second-order valence-electron chi connectivity index (χ2n) is 11.2. The molecular weight excluding hydrogens is 593 g/mol. The highest BCUT2D eigenvalue weighted by Gasteiger charge is 2.22. The molecule has 10 rings (SSSR count). The molecule has 0 aliphatic rings. The summed E-state index contributed by atoms with van der Waals surface area (Å²) in [4.78, 5) is 0. The molecule has 10 aromatic rings. The van der Waals surface area contributed by atoms with Crippen LogP contribution >= 0.6 is 0 Å². The largest absolute Gasteiger partial charge is 0.455 e. The van der Waals surface area contributed by atoms with Crippen molar-refractivity contribution in [1.82, 2.24) is 0 Å². The van der Waals surface area contributed by atoms with E-state index >= 15 is 0 Å². The van der Waals surface area contributed by atoms with Gasteiger partial charge in [0.25, 0.3) is 0 Å². The molecule has 0 fully saturated rings. The van der Waals surface area contributed by atoms with E-state index in [-0.39, 0.29) is 38.6 Å². The van der Waals surface area contributed by atoms with Crippen LogP contribution < -0.4 is 0 Å². The van der Waals surface area contributed by atoms with Crippen LogP contribution in [-0.2, 0) is 0 Å². The van der Waals surface area contributed by atoms with E-state index < -0.39 is 166 Å². The van der Waals surface area contributed by atoms with Crippen molar-refractivity contribution < 1.29 is 34.6 Å². The maximum absolute atomic E-state index is 9.56. The second kappa shape index (κ2) is 11.1. The lowest BCUT2D eigenvalue weighted by Crippen LogP contribution is -1.93. The van der Waals surface area contributed by atoms with E-state index in [4.69, 9.17) is 26.3 Å². The van der Waals surface area contributed by atoms with Crippen LogP contribution in [0.1, 0.15) is 30.2 Å². The molecule has 0 bridgehead atoms. The Bertz CT molecular complexity index is 4000. The summed E-state index contributed by atoms with van der Waals surface area (Å²) in [7, 11) is 0. The lowest BCUT2D eigenvalue weighted by Gasteiger charge is -2.20. The first kappa shape index (κ1) is 13.6. The van der Waals surface area contributed by atoms with Gasteiger partial charge in [-0.25, -0.2) is 0 Å². The smallest absolute Gasteiger partial charge is 0.143 e. The van der Waals surface area contributed by atoms with Crippen molar-refractivity contribution in [2.45, 2.75) is 0 Å². The molecule has 0 N–H and O–H groups in total. The molecule has 0 amide bonds. The van der Waals surface area contributed by atoms with E-state index in [2.05, 4.69) is 0 Å². The molecule has 0 unspecified atom stereocenters. The van der Waals surface area contributed by atoms with E-state index in [1.165, 1.54) is 0 Å². The van der Waals surface area contributed by atoms with Gasteiger partial charge in [0, 0.05) is 16.2 Å². The molecule has 0 radical (unpaired) electrons. The molecule has 0 atom stereocenters. The van der Waals surface area contributed by atoms with Crippen LogP contribution in [0.25, 0.3) is 98.8 Å². The predicted molar refractivity (Wildman–Crippen MR) is 208 cm³/mol. The Hall–Kier alpha value is -6.44. The lowest BCUT2D eigenvalue weighted by atomic mass is 9.83. The average Bonchev–Trinajstić information content (AvgIpc) is 3.76. The van der Waals surface area contributed by atoms with Crippen LogP contribution in [0.3, 0.4) is 0 Å². The van der Waals surface area contributed by atoms with Gasteiger partial charge in [-0.3, -0.25) is 0 Å². The Morgan fingerprint density at radius 3 is 1.61 bits per heavy atom. The Morgan fingerprint density at radius 2 is 0.939 bits per heavy atom. The fraction of sp³-hybridized carbons (Fsp3) is 0. The van der Waals surface area contributed by atoms with Gasteiger partial charge in [0.05, 0.1) is 30.2 Å². The third kappa shape index (κ3) is 4.33. The zero-order valence-electron chi connectivity index (χ0n) is 47.0. The molecule has 1 aromatic heterocycles. The highest BCUT2D eigenvalue weighted by atomic mass is 16.3. The molecular formula is C48H30O. The quantitative estimate of drug-likeness (QED) is 0.174. The van der Waals surface area contributed by atoms with Gasteiger partial charge in [-0.05, 0) is 95.7 Å². The fourth-order valence-electron chi connectivity index (χ4n) is 6.58. The minimum absolute atomic E-state index is 0.0206. The summed E-state index contributed by atoms with van der Waals surface area (Å²) < 4.78 is 201. The maximum Gasteiger partial charge on any atom is 0.143 e. The van der Waals surface area contributed by atoms with Gasteiger partial charge in [0.1, 0.15) is 11.2 Å². The third-order valence-electron chi connectivity index (χ3n) is 8.60. The van der Waals surface area contributed by atoms with Crippen LogP contribution in [0.5, 0.6) is 0 Å². The van der Waals surface area contributed by atoms with E-state index in [1.54, 1.807) is 48.5 Å². The summed E-state index contributed by atoms with van der Waals surface area (Å²) >= 11 is 0. The normalized spacial score (nSPS) is 18.0. The van der Waals surface area contributed by atoms with Crippen molar-refractivity contribution in [3.63, 3.8) is 0 Å². The minimum atomic E-state index is -0.910. The van der Waals surface area contributed by atoms with Crippen molar-refractivity contribution in [1.29, 1.82) is 0 Å². The average molecular weight is 645 g/mol. The summed E-state index contributed by atoms with van der Waals surface area (Å²) in [5.41, 5.74) is -1.79. The van der Waals surface area contributed by atoms with Gasteiger partial charge in [0.15, 0.2) is 0 Å². The van der Waals surface area contributed by atoms with Crippen LogP contribution in [0, 0.1) is 0 Å². The summed E-state index contributed by atoms with van der Waals surface area (Å²) in [6.07, 6.45) is 0. The zero-order valence-corrected chi connectivity index (χ0v) is 25.0. The molecule has 1 heterocycles. The Balaban J connectivity index is 1.41. The minimum Gasteiger partial charge on any atom is -0.455 e. The highest BCUT2D eigenvalue weighted by Crippen LogP contribution is 2.48. The van der Waals surface area contributed by atoms with Crippen LogP contribution in [0.15, 0.2) is 186 Å². The molecule has 1 nitrogen and oxygen atoms in total. The van der Waals surface area contributed by atoms with Crippen LogP contribution in [0.4, 0.5) is 0 Å². The van der Waals surface area contributed by atoms with Crippen molar-refractivity contribution in [2.24, 2.45) is 0 Å². The lowest BCUT2D eigenvalue weighted by molar-refractivity contribution is 0.673. The fourth-order valence-corrected chi connectivity index (χ4v) is 6.58. The monoisotopic (exact) mass is 644 g/mol. The number of hydrogen-bond donors (Lipinski definition) is 0. The summed E-state index contributed by atoms with van der Waals surface area (Å²) in [6, 6.07) is -3.56. The van der Waals surface area contributed by atoms with Crippen molar-refractivity contribution in [3.8, 4) is 44.5 Å². The standard InChI is InChI=1S/C48H30O/c1-3-14-31(15-4-1)33-26-28-36-34(30-33)27-29-43-47-42(24-13-25-44(47)49-48(36)43)46-40-22-11-9-20-38(40)45(39-21-10-12-23-41(39)46)37-19-8-7-18-35(37)32-16-5-2-6-17-32/h1-30H/i1D,2D,3D,4D,5D,6D,7D,8D,9D,10D,11D,12D,14D,15D,16D,17D,18D,19D,20D,21D,22D,23D. The second-order valence-corrected chi connectivity index (χ2v) is 11.2. The van der Waals surface area contributed by atoms with Crippen LogP contribution in [0.2, 0.25) is 0 Å². The first-order valence-corrected chi connectivity index (χ1v) is 15.1. The third-order valence-corrected chi connectivity index (χ3v) is 8.60. The van der Waals surface area contributed by atoms with E-state index in [0.29, 0.717) is 27.1 Å². The van der Waals surface area contributed by atoms with E-state index in [0.717, 1.165) is 0 Å². The summed E-state index contributed by atoms with van der Waals surface area (Å²) in [6.45, 7) is 0. The van der Waals surface area contributed by atoms with Gasteiger partial charge in [0.2, 0.25) is 0 Å². The summed E-state index contributed by atoms with van der Waals surface area (Å²) in [5.74, 6) is 0. The first-order chi connectivity index (χ1) is 33.5. The SMILES string of the molecule is [2H]c1c([2H])c([2H])c(-c2ccc3c(ccc4c3oc3cccc(-c5c6c([2H])c([2H])c([2H])c([2H])c6c(-c6c([2H])c([2H])c([2H])c([2H])c6-c6c([2H])c([2H])c([2H])c([2H])c6[2H])c6c([2H])c([2H])c([2H])c([2H])c56)c34)c2)c([2H])c1[2H]. The molecule has 0 saturated heterocycles. The number of hydrogen-bond acceptors (Lipinski definition) is 1. The van der Waals surface area contributed by atoms with Gasteiger partial charge < -0.3 is 4.42 Å².